The molecule has 0 unspecified atom stereocenters. The molecule has 0 atom stereocenters. The Labute approximate surface area is 154 Å². The molecule has 1 aromatic heterocycles. The number of ether oxygens (including phenoxy) is 2. The number of aryl methyl sites for hydroxylation is 1. The van der Waals surface area contributed by atoms with Crippen molar-refractivity contribution in [1.29, 1.82) is 0 Å². The van der Waals surface area contributed by atoms with Crippen LogP contribution in [0, 0.1) is 17.0 Å². The van der Waals surface area contributed by atoms with Crippen molar-refractivity contribution < 1.29 is 14.4 Å². The summed E-state index contributed by atoms with van der Waals surface area (Å²) in [5.41, 5.74) is 2.06. The Balaban J connectivity index is 1.67. The van der Waals surface area contributed by atoms with Crippen LogP contribution in [0.25, 0.3) is 0 Å². The van der Waals surface area contributed by atoms with Crippen molar-refractivity contribution in [1.82, 2.24) is 9.97 Å². The largest absolute Gasteiger partial charge is 0.454 e. The Morgan fingerprint density at radius 2 is 1.70 bits per heavy atom. The monoisotopic (exact) mass is 365 g/mol. The molecule has 4 rings (SSSR count). The van der Waals surface area contributed by atoms with Gasteiger partial charge in [-0.3, -0.25) is 10.1 Å². The summed E-state index contributed by atoms with van der Waals surface area (Å²) in [5, 5.41) is 17.6. The van der Waals surface area contributed by atoms with E-state index in [1.807, 2.05) is 31.2 Å². The second-order valence-electron chi connectivity index (χ2n) is 5.86. The molecule has 2 N–H and O–H groups in total. The highest BCUT2D eigenvalue weighted by Crippen LogP contribution is 2.37. The lowest BCUT2D eigenvalue weighted by atomic mass is 10.2. The predicted octanol–water partition coefficient (Wildman–Crippen LogP) is 3.91. The number of rotatable bonds is 5. The van der Waals surface area contributed by atoms with Crippen LogP contribution in [0.15, 0.2) is 48.8 Å². The van der Waals surface area contributed by atoms with Crippen LogP contribution in [-0.2, 0) is 0 Å². The normalized spacial score (nSPS) is 11.9. The quantitative estimate of drug-likeness (QED) is 0.517. The minimum absolute atomic E-state index is 0.0732. The highest BCUT2D eigenvalue weighted by Gasteiger charge is 2.24. The van der Waals surface area contributed by atoms with Gasteiger partial charge in [0.05, 0.1) is 4.92 Å². The summed E-state index contributed by atoms with van der Waals surface area (Å²) in [7, 11) is 0. The van der Waals surface area contributed by atoms with Crippen molar-refractivity contribution >= 4 is 28.7 Å². The molecule has 0 spiro atoms. The molecule has 9 heteroatoms. The molecular formula is C18H15N5O4. The van der Waals surface area contributed by atoms with E-state index in [1.165, 1.54) is 6.33 Å². The molecule has 1 aliphatic rings. The van der Waals surface area contributed by atoms with Crippen molar-refractivity contribution in [2.24, 2.45) is 0 Å². The zero-order chi connectivity index (χ0) is 18.8. The first-order valence-corrected chi connectivity index (χ1v) is 8.10. The average Bonchev–Trinajstić information content (AvgIpc) is 3.09. The van der Waals surface area contributed by atoms with Gasteiger partial charge in [0.25, 0.3) is 0 Å². The van der Waals surface area contributed by atoms with Crippen LogP contribution in [0.4, 0.5) is 28.7 Å². The van der Waals surface area contributed by atoms with Crippen LogP contribution in [0.2, 0.25) is 0 Å². The average molecular weight is 365 g/mol. The molecule has 2 aromatic carbocycles. The van der Waals surface area contributed by atoms with Crippen molar-refractivity contribution in [2.45, 2.75) is 6.92 Å². The van der Waals surface area contributed by atoms with E-state index >= 15 is 0 Å². The summed E-state index contributed by atoms with van der Waals surface area (Å²) >= 11 is 0. The van der Waals surface area contributed by atoms with Gasteiger partial charge in [-0.05, 0) is 36.8 Å². The second-order valence-corrected chi connectivity index (χ2v) is 5.86. The molecule has 136 valence electrons. The first-order chi connectivity index (χ1) is 13.1. The van der Waals surface area contributed by atoms with Crippen LogP contribution >= 0.6 is 0 Å². The molecular weight excluding hydrogens is 350 g/mol. The molecule has 2 heterocycles. The van der Waals surface area contributed by atoms with Crippen molar-refractivity contribution in [3.05, 3.63) is 64.5 Å². The first kappa shape index (κ1) is 16.6. The summed E-state index contributed by atoms with van der Waals surface area (Å²) in [4.78, 5) is 19.2. The number of aromatic nitrogens is 2. The Morgan fingerprint density at radius 1 is 1.00 bits per heavy atom. The van der Waals surface area contributed by atoms with E-state index in [9.17, 15) is 10.1 Å². The third-order valence-electron chi connectivity index (χ3n) is 3.92. The summed E-state index contributed by atoms with van der Waals surface area (Å²) in [6, 6.07) is 12.6. The Hall–Kier alpha value is -3.88. The number of nitrogens with one attached hydrogen (secondary N) is 2. The van der Waals surface area contributed by atoms with E-state index in [2.05, 4.69) is 20.6 Å². The van der Waals surface area contributed by atoms with E-state index in [-0.39, 0.29) is 24.1 Å². The van der Waals surface area contributed by atoms with Gasteiger partial charge in [0, 0.05) is 17.4 Å². The fourth-order valence-electron chi connectivity index (χ4n) is 2.71. The van der Waals surface area contributed by atoms with Gasteiger partial charge in [-0.25, -0.2) is 9.97 Å². The van der Waals surface area contributed by atoms with Gasteiger partial charge in [-0.15, -0.1) is 0 Å². The fraction of sp³-hybridized carbons (Fsp3) is 0.111. The minimum Gasteiger partial charge on any atom is -0.454 e. The number of nitrogens with zero attached hydrogens (tertiary/aromatic N) is 3. The van der Waals surface area contributed by atoms with E-state index in [0.717, 1.165) is 5.56 Å². The van der Waals surface area contributed by atoms with Gasteiger partial charge in [0.1, 0.15) is 6.33 Å². The molecule has 3 aromatic rings. The number of anilines is 4. The minimum atomic E-state index is -0.520. The SMILES string of the molecule is Cc1cccc(Nc2ncnc(Nc3ccc4c(c3)OCO4)c2[N+](=O)[O-])c1. The van der Waals surface area contributed by atoms with Gasteiger partial charge in [0.2, 0.25) is 18.4 Å². The maximum absolute atomic E-state index is 11.7. The van der Waals surface area contributed by atoms with Crippen LogP contribution in [0.1, 0.15) is 5.56 Å². The highest BCUT2D eigenvalue weighted by molar-refractivity contribution is 5.77. The summed E-state index contributed by atoms with van der Waals surface area (Å²) < 4.78 is 10.6. The standard InChI is InChI=1S/C18H15N5O4/c1-11-3-2-4-12(7-11)21-17-16(23(24)25)18(20-9-19-17)22-13-5-6-14-15(8-13)27-10-26-14/h2-9H,10H2,1H3,(H2,19,20,21,22). The second kappa shape index (κ2) is 6.79. The van der Waals surface area contributed by atoms with E-state index in [0.29, 0.717) is 22.9 Å². The van der Waals surface area contributed by atoms with Gasteiger partial charge in [-0.2, -0.15) is 0 Å². The van der Waals surface area contributed by atoms with Crippen molar-refractivity contribution in [2.75, 3.05) is 17.4 Å². The van der Waals surface area contributed by atoms with E-state index in [1.54, 1.807) is 18.2 Å². The maximum atomic E-state index is 11.7. The maximum Gasteiger partial charge on any atom is 0.353 e. The molecule has 27 heavy (non-hydrogen) atoms. The van der Waals surface area contributed by atoms with Crippen molar-refractivity contribution in [3.63, 3.8) is 0 Å². The summed E-state index contributed by atoms with van der Waals surface area (Å²) in [6.45, 7) is 2.09. The first-order valence-electron chi connectivity index (χ1n) is 8.10. The number of hydrogen-bond acceptors (Lipinski definition) is 8. The number of benzene rings is 2. The van der Waals surface area contributed by atoms with Gasteiger partial charge >= 0.3 is 5.69 Å². The lowest BCUT2D eigenvalue weighted by molar-refractivity contribution is -0.383. The van der Waals surface area contributed by atoms with Gasteiger partial charge in [0.15, 0.2) is 11.5 Å². The molecule has 0 fully saturated rings. The van der Waals surface area contributed by atoms with Crippen LogP contribution in [0.3, 0.4) is 0 Å². The molecule has 0 radical (unpaired) electrons. The molecule has 1 aliphatic heterocycles. The van der Waals surface area contributed by atoms with Crippen molar-refractivity contribution in [3.8, 4) is 11.5 Å². The van der Waals surface area contributed by atoms with Gasteiger partial charge in [-0.1, -0.05) is 12.1 Å². The molecule has 0 bridgehead atoms. The molecule has 0 saturated heterocycles. The van der Waals surface area contributed by atoms with E-state index in [4.69, 9.17) is 9.47 Å². The number of hydrogen-bond donors (Lipinski definition) is 2. The third kappa shape index (κ3) is 3.43. The number of nitro groups is 1. The van der Waals surface area contributed by atoms with Crippen LogP contribution in [-0.4, -0.2) is 21.7 Å². The van der Waals surface area contributed by atoms with Crippen LogP contribution < -0.4 is 20.1 Å². The smallest absolute Gasteiger partial charge is 0.353 e. The molecule has 0 amide bonds. The topological polar surface area (TPSA) is 111 Å². The molecule has 0 saturated carbocycles. The third-order valence-corrected chi connectivity index (χ3v) is 3.92. The highest BCUT2D eigenvalue weighted by atomic mass is 16.7. The molecule has 0 aliphatic carbocycles. The van der Waals surface area contributed by atoms with Crippen LogP contribution in [0.5, 0.6) is 11.5 Å². The van der Waals surface area contributed by atoms with Gasteiger partial charge < -0.3 is 20.1 Å². The Morgan fingerprint density at radius 3 is 2.41 bits per heavy atom. The zero-order valence-electron chi connectivity index (χ0n) is 14.3. The zero-order valence-corrected chi connectivity index (χ0v) is 14.3. The fourth-order valence-corrected chi connectivity index (χ4v) is 2.71. The lowest BCUT2D eigenvalue weighted by Gasteiger charge is -2.11. The Kier molecular flexibility index (Phi) is 4.17. The lowest BCUT2D eigenvalue weighted by Crippen LogP contribution is -2.05. The Bertz CT molecular complexity index is 1020. The summed E-state index contributed by atoms with van der Waals surface area (Å²) in [6.07, 6.45) is 1.26. The predicted molar refractivity (Wildman–Crippen MR) is 99.0 cm³/mol. The molecule has 9 nitrogen and oxygen atoms in total. The summed E-state index contributed by atoms with van der Waals surface area (Å²) in [5.74, 6) is 1.36. The van der Waals surface area contributed by atoms with E-state index < -0.39 is 4.92 Å². The number of fused-ring (bicyclic) bond motifs is 1.